The number of fused-ring (bicyclic) bond motifs is 1. The van der Waals surface area contributed by atoms with E-state index in [-0.39, 0.29) is 17.2 Å². The Morgan fingerprint density at radius 2 is 1.96 bits per heavy atom. The van der Waals surface area contributed by atoms with Crippen LogP contribution in [0, 0.1) is 0 Å². The van der Waals surface area contributed by atoms with E-state index in [2.05, 4.69) is 20.7 Å². The van der Waals surface area contributed by atoms with Gasteiger partial charge in [-0.1, -0.05) is 11.3 Å². The van der Waals surface area contributed by atoms with E-state index in [4.69, 9.17) is 0 Å². The number of carbonyl (C=O) groups excluding carboxylic acids is 2. The molecule has 0 saturated carbocycles. The number of aromatic nitrogens is 3. The van der Waals surface area contributed by atoms with Crippen molar-refractivity contribution in [2.45, 2.75) is 6.92 Å². The van der Waals surface area contributed by atoms with Crippen molar-refractivity contribution in [1.82, 2.24) is 14.8 Å². The van der Waals surface area contributed by atoms with Gasteiger partial charge in [0.1, 0.15) is 5.69 Å². The summed E-state index contributed by atoms with van der Waals surface area (Å²) in [4.78, 5) is 38.9. The summed E-state index contributed by atoms with van der Waals surface area (Å²) >= 11 is 1.28. The maximum atomic E-state index is 12.2. The van der Waals surface area contributed by atoms with Crippen LogP contribution in [0.25, 0.3) is 10.2 Å². The average Bonchev–Trinajstić information content (AvgIpc) is 2.90. The number of nitrogens with one attached hydrogen (secondary N) is 2. The lowest BCUT2D eigenvalue weighted by Gasteiger charge is -2.01. The van der Waals surface area contributed by atoms with E-state index in [0.717, 1.165) is 9.38 Å². The highest BCUT2D eigenvalue weighted by Gasteiger charge is 2.12. The average molecular weight is 343 g/mol. The lowest BCUT2D eigenvalue weighted by Crippen LogP contribution is -2.23. The van der Waals surface area contributed by atoms with Crippen LogP contribution in [-0.4, -0.2) is 26.6 Å². The topological polar surface area (TPSA) is 106 Å². The molecule has 0 aliphatic heterocycles. The molecule has 9 heteroatoms. The number of hydrogen-bond acceptors (Lipinski definition) is 6. The zero-order chi connectivity index (χ0) is 17.3. The normalized spacial score (nSPS) is 10.6. The number of benzene rings is 1. The Labute approximate surface area is 140 Å². The van der Waals surface area contributed by atoms with E-state index in [1.807, 2.05) is 0 Å². The van der Waals surface area contributed by atoms with Gasteiger partial charge in [0, 0.05) is 25.7 Å². The molecule has 24 heavy (non-hydrogen) atoms. The Bertz CT molecular complexity index is 1010. The summed E-state index contributed by atoms with van der Waals surface area (Å²) < 4.78 is 1.91. The number of hydrogen-bond donors (Lipinski definition) is 2. The Hall–Kier alpha value is -3.07. The summed E-state index contributed by atoms with van der Waals surface area (Å²) in [5.41, 5.74) is 1.20. The van der Waals surface area contributed by atoms with Crippen molar-refractivity contribution in [3.05, 3.63) is 46.4 Å². The van der Waals surface area contributed by atoms with Gasteiger partial charge in [0.25, 0.3) is 11.5 Å². The van der Waals surface area contributed by atoms with Crippen LogP contribution < -0.4 is 16.2 Å². The second-order valence-electron chi connectivity index (χ2n) is 5.02. The summed E-state index contributed by atoms with van der Waals surface area (Å²) in [5.74, 6) is -0.611. The third kappa shape index (κ3) is 3.30. The lowest BCUT2D eigenvalue weighted by molar-refractivity contribution is -0.114. The number of aryl methyl sites for hydroxylation is 1. The van der Waals surface area contributed by atoms with E-state index >= 15 is 0 Å². The fraction of sp³-hybridized carbons (Fsp3) is 0.133. The largest absolute Gasteiger partial charge is 0.326 e. The minimum Gasteiger partial charge on any atom is -0.326 e. The monoisotopic (exact) mass is 343 g/mol. The van der Waals surface area contributed by atoms with Crippen molar-refractivity contribution in [2.75, 3.05) is 10.6 Å². The molecule has 0 aliphatic carbocycles. The molecule has 0 saturated heterocycles. The van der Waals surface area contributed by atoms with Crippen LogP contribution in [0.3, 0.4) is 0 Å². The van der Waals surface area contributed by atoms with Gasteiger partial charge in [0.15, 0.2) is 5.13 Å². The van der Waals surface area contributed by atoms with Crippen molar-refractivity contribution in [3.63, 3.8) is 0 Å². The Balaban J connectivity index is 1.84. The van der Waals surface area contributed by atoms with Gasteiger partial charge in [-0.25, -0.2) is 9.67 Å². The van der Waals surface area contributed by atoms with Crippen LogP contribution in [0.15, 0.2) is 35.1 Å². The number of nitrogens with zero attached hydrogens (tertiary/aromatic N) is 3. The fourth-order valence-electron chi connectivity index (χ4n) is 2.04. The van der Waals surface area contributed by atoms with Gasteiger partial charge in [-0.2, -0.15) is 5.10 Å². The third-order valence-electron chi connectivity index (χ3n) is 3.12. The summed E-state index contributed by atoms with van der Waals surface area (Å²) in [7, 11) is 1.47. The molecule has 2 aromatic heterocycles. The maximum Gasteiger partial charge on any atom is 0.277 e. The highest BCUT2D eigenvalue weighted by atomic mass is 32.1. The van der Waals surface area contributed by atoms with Crippen LogP contribution in [0.5, 0.6) is 0 Å². The molecule has 8 nitrogen and oxygen atoms in total. The third-order valence-corrected chi connectivity index (χ3v) is 4.06. The molecule has 0 bridgehead atoms. The highest BCUT2D eigenvalue weighted by Crippen LogP contribution is 2.28. The highest BCUT2D eigenvalue weighted by molar-refractivity contribution is 7.22. The van der Waals surface area contributed by atoms with Gasteiger partial charge >= 0.3 is 0 Å². The van der Waals surface area contributed by atoms with Gasteiger partial charge in [0.2, 0.25) is 5.91 Å². The molecule has 0 radical (unpaired) electrons. The van der Waals surface area contributed by atoms with Crippen LogP contribution in [0.4, 0.5) is 10.8 Å². The van der Waals surface area contributed by atoms with E-state index in [1.165, 1.54) is 37.4 Å². The molecule has 122 valence electrons. The molecular formula is C15H13N5O3S. The number of thiazole rings is 1. The molecule has 1 aromatic carbocycles. The molecule has 2 amide bonds. The first-order chi connectivity index (χ1) is 11.4. The SMILES string of the molecule is CC(=O)Nc1ccc2nc(NC(=O)c3ccc(=O)n(C)n3)sc2c1. The van der Waals surface area contributed by atoms with E-state index in [0.29, 0.717) is 16.3 Å². The number of carbonyl (C=O) groups is 2. The van der Waals surface area contributed by atoms with Gasteiger partial charge < -0.3 is 5.32 Å². The molecule has 3 aromatic rings. The fourth-order valence-corrected chi connectivity index (χ4v) is 2.94. The molecule has 0 spiro atoms. The van der Waals surface area contributed by atoms with Crippen LogP contribution in [0.1, 0.15) is 17.4 Å². The zero-order valence-electron chi connectivity index (χ0n) is 12.9. The minimum absolute atomic E-state index is 0.121. The number of rotatable bonds is 3. The molecule has 2 N–H and O–H groups in total. The Morgan fingerprint density at radius 3 is 2.67 bits per heavy atom. The molecule has 2 heterocycles. The molecule has 0 aliphatic rings. The zero-order valence-corrected chi connectivity index (χ0v) is 13.7. The Morgan fingerprint density at radius 1 is 1.17 bits per heavy atom. The summed E-state index contributed by atoms with van der Waals surface area (Å²) in [6, 6.07) is 7.93. The summed E-state index contributed by atoms with van der Waals surface area (Å²) in [6.45, 7) is 1.43. The van der Waals surface area contributed by atoms with Gasteiger partial charge in [-0.15, -0.1) is 0 Å². The molecule has 3 rings (SSSR count). The van der Waals surface area contributed by atoms with Gasteiger partial charge in [0.05, 0.1) is 10.2 Å². The lowest BCUT2D eigenvalue weighted by atomic mass is 10.3. The molecule has 0 unspecified atom stereocenters. The summed E-state index contributed by atoms with van der Waals surface area (Å²) in [6.07, 6.45) is 0. The smallest absolute Gasteiger partial charge is 0.277 e. The van der Waals surface area contributed by atoms with E-state index in [1.54, 1.807) is 18.2 Å². The van der Waals surface area contributed by atoms with Crippen molar-refractivity contribution >= 4 is 44.2 Å². The van der Waals surface area contributed by atoms with E-state index < -0.39 is 5.91 Å². The Kier molecular flexibility index (Phi) is 4.09. The van der Waals surface area contributed by atoms with Crippen molar-refractivity contribution < 1.29 is 9.59 Å². The quantitative estimate of drug-likeness (QED) is 0.751. The van der Waals surface area contributed by atoms with Gasteiger partial charge in [-0.05, 0) is 24.3 Å². The van der Waals surface area contributed by atoms with Crippen molar-refractivity contribution in [3.8, 4) is 0 Å². The molecule has 0 fully saturated rings. The second kappa shape index (κ2) is 6.20. The van der Waals surface area contributed by atoms with Crippen molar-refractivity contribution in [2.24, 2.45) is 7.05 Å². The van der Waals surface area contributed by atoms with Crippen LogP contribution in [-0.2, 0) is 11.8 Å². The van der Waals surface area contributed by atoms with Gasteiger partial charge in [-0.3, -0.25) is 19.7 Å². The molecule has 0 atom stereocenters. The summed E-state index contributed by atoms with van der Waals surface area (Å²) in [5, 5.41) is 9.65. The maximum absolute atomic E-state index is 12.2. The first kappa shape index (κ1) is 15.8. The standard InChI is InChI=1S/C15H13N5O3S/c1-8(21)16-9-3-4-10-12(7-9)24-15(17-10)18-14(23)11-5-6-13(22)20(2)19-11/h3-7H,1-2H3,(H,16,21)(H,17,18,23). The predicted octanol–water partition coefficient (Wildman–Crippen LogP) is 1.60. The second-order valence-corrected chi connectivity index (χ2v) is 6.05. The predicted molar refractivity (Wildman–Crippen MR) is 91.4 cm³/mol. The number of amides is 2. The first-order valence-corrected chi connectivity index (χ1v) is 7.78. The van der Waals surface area contributed by atoms with E-state index in [9.17, 15) is 14.4 Å². The first-order valence-electron chi connectivity index (χ1n) is 6.96. The van der Waals surface area contributed by atoms with Crippen molar-refractivity contribution in [1.29, 1.82) is 0 Å². The van der Waals surface area contributed by atoms with Crippen LogP contribution in [0.2, 0.25) is 0 Å². The van der Waals surface area contributed by atoms with Crippen LogP contribution >= 0.6 is 11.3 Å². The molecular weight excluding hydrogens is 330 g/mol. The number of anilines is 2. The minimum atomic E-state index is -0.452.